The van der Waals surface area contributed by atoms with Crippen LogP contribution in [0.3, 0.4) is 0 Å². The van der Waals surface area contributed by atoms with Crippen LogP contribution in [-0.2, 0) is 12.8 Å². The van der Waals surface area contributed by atoms with Gasteiger partial charge in [-0.2, -0.15) is 0 Å². The minimum absolute atomic E-state index is 0.532. The maximum Gasteiger partial charge on any atom is 0.174 e. The Balaban J connectivity index is 1.74. The molecule has 2 heterocycles. The van der Waals surface area contributed by atoms with E-state index in [1.165, 1.54) is 18.4 Å². The number of rotatable bonds is 12. The van der Waals surface area contributed by atoms with Crippen molar-refractivity contribution < 1.29 is 4.42 Å². The summed E-state index contributed by atoms with van der Waals surface area (Å²) in [5.74, 6) is 2.54. The molecule has 0 spiro atoms. The third-order valence-corrected chi connectivity index (χ3v) is 5.62. The fourth-order valence-corrected chi connectivity index (χ4v) is 3.67. The Labute approximate surface area is 175 Å². The van der Waals surface area contributed by atoms with Crippen LogP contribution in [0.15, 0.2) is 47.5 Å². The van der Waals surface area contributed by atoms with Gasteiger partial charge in [-0.25, -0.2) is 9.97 Å². The van der Waals surface area contributed by atoms with Crippen LogP contribution in [0.1, 0.15) is 87.6 Å². The standard InChI is InChI=1S/C26H34N2O/c1-6-9-13-18(4)19(5)14-10-11-15-22-25-24(28-26(27-22)20-16-17-20)21(12-7-2)23(8-3)29-25/h6-7,12,20H,1,4-5,8-11,13-17H2,2-3H3/b12-7-. The van der Waals surface area contributed by atoms with Crippen LogP contribution in [0.4, 0.5) is 0 Å². The molecule has 1 aliphatic carbocycles. The quantitative estimate of drug-likeness (QED) is 0.214. The summed E-state index contributed by atoms with van der Waals surface area (Å²) in [4.78, 5) is 9.83. The second kappa shape index (κ2) is 9.87. The van der Waals surface area contributed by atoms with Gasteiger partial charge < -0.3 is 4.42 Å². The molecular formula is C26H34N2O. The van der Waals surface area contributed by atoms with Crippen molar-refractivity contribution in [3.63, 3.8) is 0 Å². The van der Waals surface area contributed by atoms with E-state index in [2.05, 4.69) is 38.8 Å². The third kappa shape index (κ3) is 5.14. The number of hydrogen-bond acceptors (Lipinski definition) is 3. The molecule has 0 radical (unpaired) electrons. The Kier molecular flexibility index (Phi) is 7.24. The summed E-state index contributed by atoms with van der Waals surface area (Å²) in [5.41, 5.74) is 6.39. The van der Waals surface area contributed by atoms with Crippen molar-refractivity contribution in [3.05, 3.63) is 65.9 Å². The number of nitrogens with zero attached hydrogens (tertiary/aromatic N) is 2. The van der Waals surface area contributed by atoms with Gasteiger partial charge in [0.25, 0.3) is 0 Å². The van der Waals surface area contributed by atoms with Gasteiger partial charge in [-0.05, 0) is 58.3 Å². The third-order valence-electron chi connectivity index (χ3n) is 5.62. The van der Waals surface area contributed by atoms with E-state index < -0.39 is 0 Å². The van der Waals surface area contributed by atoms with E-state index in [9.17, 15) is 0 Å². The first kappa shape index (κ1) is 21.3. The molecule has 3 nitrogen and oxygen atoms in total. The lowest BCUT2D eigenvalue weighted by molar-refractivity contribution is 0.547. The second-order valence-electron chi connectivity index (χ2n) is 8.01. The molecule has 3 heteroatoms. The summed E-state index contributed by atoms with van der Waals surface area (Å²) >= 11 is 0. The van der Waals surface area contributed by atoms with Gasteiger partial charge in [0.2, 0.25) is 0 Å². The van der Waals surface area contributed by atoms with Crippen LogP contribution in [-0.4, -0.2) is 9.97 Å². The van der Waals surface area contributed by atoms with E-state index in [0.717, 1.165) is 84.5 Å². The van der Waals surface area contributed by atoms with Crippen LogP contribution in [0.2, 0.25) is 0 Å². The van der Waals surface area contributed by atoms with E-state index in [-0.39, 0.29) is 0 Å². The molecule has 0 saturated heterocycles. The molecule has 2 aromatic rings. The Morgan fingerprint density at radius 2 is 1.90 bits per heavy atom. The molecular weight excluding hydrogens is 356 g/mol. The molecule has 0 N–H and O–H groups in total. The van der Waals surface area contributed by atoms with Crippen LogP contribution in [0.5, 0.6) is 0 Å². The van der Waals surface area contributed by atoms with Crippen LogP contribution in [0.25, 0.3) is 17.2 Å². The van der Waals surface area contributed by atoms with Crippen molar-refractivity contribution in [1.82, 2.24) is 9.97 Å². The van der Waals surface area contributed by atoms with Gasteiger partial charge >= 0.3 is 0 Å². The van der Waals surface area contributed by atoms with E-state index in [1.807, 2.05) is 13.0 Å². The Morgan fingerprint density at radius 3 is 2.55 bits per heavy atom. The topological polar surface area (TPSA) is 38.9 Å². The minimum atomic E-state index is 0.532. The Morgan fingerprint density at radius 1 is 1.14 bits per heavy atom. The Hall–Kier alpha value is -2.42. The highest BCUT2D eigenvalue weighted by Crippen LogP contribution is 2.40. The normalized spacial score (nSPS) is 14.0. The molecule has 0 unspecified atom stereocenters. The summed E-state index contributed by atoms with van der Waals surface area (Å²) in [6, 6.07) is 0. The molecule has 2 aromatic heterocycles. The van der Waals surface area contributed by atoms with Crippen molar-refractivity contribution in [3.8, 4) is 0 Å². The second-order valence-corrected chi connectivity index (χ2v) is 8.01. The molecule has 1 fully saturated rings. The van der Waals surface area contributed by atoms with Crippen LogP contribution >= 0.6 is 0 Å². The smallest absolute Gasteiger partial charge is 0.174 e. The highest BCUT2D eigenvalue weighted by atomic mass is 16.3. The highest BCUT2D eigenvalue weighted by Gasteiger charge is 2.29. The average Bonchev–Trinajstić information content (AvgIpc) is 3.52. The van der Waals surface area contributed by atoms with Crippen molar-refractivity contribution in [2.24, 2.45) is 0 Å². The first-order chi connectivity index (χ1) is 14.1. The molecule has 0 amide bonds. The predicted octanol–water partition coefficient (Wildman–Crippen LogP) is 7.49. The fourth-order valence-electron chi connectivity index (χ4n) is 3.67. The highest BCUT2D eigenvalue weighted by molar-refractivity contribution is 5.86. The number of aromatic nitrogens is 2. The van der Waals surface area contributed by atoms with Gasteiger partial charge in [0.05, 0.1) is 5.69 Å². The minimum Gasteiger partial charge on any atom is -0.457 e. The lowest BCUT2D eigenvalue weighted by Gasteiger charge is -2.09. The summed E-state index contributed by atoms with van der Waals surface area (Å²) in [6.07, 6.45) is 15.4. The summed E-state index contributed by atoms with van der Waals surface area (Å²) in [6.45, 7) is 16.3. The van der Waals surface area contributed by atoms with Gasteiger partial charge in [0.15, 0.2) is 5.58 Å². The number of furan rings is 1. The zero-order valence-corrected chi connectivity index (χ0v) is 18.1. The molecule has 0 atom stereocenters. The van der Waals surface area contributed by atoms with Crippen molar-refractivity contribution in [1.29, 1.82) is 0 Å². The van der Waals surface area contributed by atoms with E-state index in [4.69, 9.17) is 14.4 Å². The monoisotopic (exact) mass is 390 g/mol. The zero-order valence-electron chi connectivity index (χ0n) is 18.1. The van der Waals surface area contributed by atoms with Crippen molar-refractivity contribution in [2.45, 2.75) is 77.6 Å². The lowest BCUT2D eigenvalue weighted by atomic mass is 9.98. The van der Waals surface area contributed by atoms with Gasteiger partial charge in [0, 0.05) is 17.9 Å². The largest absolute Gasteiger partial charge is 0.457 e. The molecule has 29 heavy (non-hydrogen) atoms. The number of fused-ring (bicyclic) bond motifs is 1. The number of aryl methyl sites for hydroxylation is 2. The van der Waals surface area contributed by atoms with Gasteiger partial charge in [0.1, 0.15) is 17.1 Å². The van der Waals surface area contributed by atoms with E-state index >= 15 is 0 Å². The molecule has 0 bridgehead atoms. The first-order valence-corrected chi connectivity index (χ1v) is 11.0. The summed E-state index contributed by atoms with van der Waals surface area (Å²) in [7, 11) is 0. The predicted molar refractivity (Wildman–Crippen MR) is 123 cm³/mol. The summed E-state index contributed by atoms with van der Waals surface area (Å²) in [5, 5.41) is 0. The molecule has 1 aliphatic rings. The van der Waals surface area contributed by atoms with Crippen LogP contribution in [0, 0.1) is 0 Å². The molecule has 3 rings (SSSR count). The first-order valence-electron chi connectivity index (χ1n) is 11.0. The maximum absolute atomic E-state index is 6.23. The van der Waals surface area contributed by atoms with Gasteiger partial charge in [-0.3, -0.25) is 0 Å². The zero-order chi connectivity index (χ0) is 20.8. The SMILES string of the molecule is C=CCCC(=C)C(=C)CCCCc1nc(C2CC2)nc2c(/C=C\C)c(CC)oc12. The number of hydrogen-bond donors (Lipinski definition) is 0. The molecule has 0 aromatic carbocycles. The van der Waals surface area contributed by atoms with E-state index in [1.54, 1.807) is 0 Å². The van der Waals surface area contributed by atoms with Gasteiger partial charge in [-0.1, -0.05) is 49.5 Å². The maximum atomic E-state index is 6.23. The van der Waals surface area contributed by atoms with Crippen molar-refractivity contribution >= 4 is 17.2 Å². The molecule has 1 saturated carbocycles. The fraction of sp³-hybridized carbons (Fsp3) is 0.462. The lowest BCUT2D eigenvalue weighted by Crippen LogP contribution is -2.00. The summed E-state index contributed by atoms with van der Waals surface area (Å²) < 4.78 is 6.23. The Bertz CT molecular complexity index is 928. The molecule has 154 valence electrons. The molecule has 0 aliphatic heterocycles. The number of allylic oxidation sites excluding steroid dienone is 4. The van der Waals surface area contributed by atoms with Gasteiger partial charge in [-0.15, -0.1) is 6.58 Å². The average molecular weight is 391 g/mol. The van der Waals surface area contributed by atoms with E-state index in [0.29, 0.717) is 5.92 Å². The number of unbranched alkanes of at least 4 members (excludes halogenated alkanes) is 1. The van der Waals surface area contributed by atoms with Crippen LogP contribution < -0.4 is 0 Å². The van der Waals surface area contributed by atoms with Crippen molar-refractivity contribution in [2.75, 3.05) is 0 Å².